The summed E-state index contributed by atoms with van der Waals surface area (Å²) >= 11 is 0. The van der Waals surface area contributed by atoms with Gasteiger partial charge in [-0.25, -0.2) is 9.59 Å². The molecule has 0 radical (unpaired) electrons. The lowest BCUT2D eigenvalue weighted by Crippen LogP contribution is -2.50. The van der Waals surface area contributed by atoms with Crippen molar-refractivity contribution < 1.29 is 29.4 Å². The van der Waals surface area contributed by atoms with E-state index in [-0.39, 0.29) is 0 Å². The van der Waals surface area contributed by atoms with Gasteiger partial charge in [-0.05, 0) is 19.8 Å². The van der Waals surface area contributed by atoms with E-state index in [1.54, 1.807) is 13.8 Å². The first-order valence-electron chi connectivity index (χ1n) is 6.96. The van der Waals surface area contributed by atoms with Gasteiger partial charge in [-0.2, -0.15) is 0 Å². The molecule has 124 valence electrons. The molecule has 0 aliphatic carbocycles. The van der Waals surface area contributed by atoms with Gasteiger partial charge in [0.2, 0.25) is 5.91 Å². The average Bonchev–Trinajstić information content (AvgIpc) is 2.69. The number of nitrogens with zero attached hydrogens (tertiary/aromatic N) is 1. The predicted molar refractivity (Wildman–Crippen MR) is 74.8 cm³/mol. The molecule has 1 atom stereocenters. The minimum absolute atomic E-state index is 0.403. The number of carbonyl (C=O) groups is 4. The number of imide groups is 1. The fourth-order valence-electron chi connectivity index (χ4n) is 2.09. The first-order chi connectivity index (χ1) is 10.1. The zero-order valence-corrected chi connectivity index (χ0v) is 12.8. The maximum Gasteiger partial charge on any atom is 0.337 e. The second-order valence-corrected chi connectivity index (χ2v) is 5.47. The molecule has 22 heavy (non-hydrogen) atoms. The number of carboxylic acid groups (broad SMARTS) is 1. The molecule has 1 aliphatic rings. The lowest BCUT2D eigenvalue weighted by Gasteiger charge is -2.23. The molecule has 1 heterocycles. The number of hydrogen-bond donors (Lipinski definition) is 4. The van der Waals surface area contributed by atoms with Gasteiger partial charge in [-0.3, -0.25) is 14.5 Å². The minimum atomic E-state index is -2.12. The number of aliphatic hydroxyl groups is 1. The van der Waals surface area contributed by atoms with Crippen molar-refractivity contribution in [1.29, 1.82) is 0 Å². The zero-order valence-electron chi connectivity index (χ0n) is 12.8. The van der Waals surface area contributed by atoms with Gasteiger partial charge in [0.25, 0.3) is 5.91 Å². The minimum Gasteiger partial charge on any atom is -0.479 e. The van der Waals surface area contributed by atoms with Crippen molar-refractivity contribution in [3.8, 4) is 0 Å². The molecule has 0 bridgehead atoms. The van der Waals surface area contributed by atoms with E-state index in [1.807, 2.05) is 0 Å². The molecule has 0 aromatic rings. The Labute approximate surface area is 127 Å². The summed E-state index contributed by atoms with van der Waals surface area (Å²) < 4.78 is 0. The van der Waals surface area contributed by atoms with Gasteiger partial charge < -0.3 is 20.8 Å². The van der Waals surface area contributed by atoms with Crippen molar-refractivity contribution in [1.82, 2.24) is 15.5 Å². The normalized spacial score (nSPS) is 19.5. The van der Waals surface area contributed by atoms with Crippen molar-refractivity contribution in [3.63, 3.8) is 0 Å². The summed E-state index contributed by atoms with van der Waals surface area (Å²) in [6.45, 7) is 3.49. The van der Waals surface area contributed by atoms with E-state index >= 15 is 0 Å². The number of amides is 4. The first kappa shape index (κ1) is 17.9. The number of aliphatic carboxylic acids is 1. The van der Waals surface area contributed by atoms with Crippen LogP contribution in [0.25, 0.3) is 0 Å². The fourth-order valence-corrected chi connectivity index (χ4v) is 2.09. The van der Waals surface area contributed by atoms with Gasteiger partial charge in [-0.15, -0.1) is 0 Å². The molecule has 1 aliphatic heterocycles. The Kier molecular flexibility index (Phi) is 5.13. The van der Waals surface area contributed by atoms with Gasteiger partial charge in [0.1, 0.15) is 12.1 Å². The molecule has 4 amide bonds. The maximum atomic E-state index is 12.3. The van der Waals surface area contributed by atoms with E-state index < -0.39 is 48.0 Å². The molecule has 1 rings (SSSR count). The van der Waals surface area contributed by atoms with E-state index in [9.17, 15) is 24.3 Å². The molecule has 0 aromatic carbocycles. The van der Waals surface area contributed by atoms with Gasteiger partial charge in [0.15, 0.2) is 5.60 Å². The molecule has 0 saturated carbocycles. The highest BCUT2D eigenvalue weighted by Gasteiger charge is 2.49. The summed E-state index contributed by atoms with van der Waals surface area (Å²) in [5.41, 5.74) is -3.12. The highest BCUT2D eigenvalue weighted by atomic mass is 16.4. The van der Waals surface area contributed by atoms with Crippen molar-refractivity contribution in [2.75, 3.05) is 13.1 Å². The van der Waals surface area contributed by atoms with Crippen LogP contribution in [0.4, 0.5) is 4.79 Å². The summed E-state index contributed by atoms with van der Waals surface area (Å²) in [6, 6.07) is -0.658. The largest absolute Gasteiger partial charge is 0.479 e. The van der Waals surface area contributed by atoms with Crippen LogP contribution in [0.3, 0.4) is 0 Å². The Balaban J connectivity index is 2.68. The molecule has 0 spiro atoms. The van der Waals surface area contributed by atoms with Gasteiger partial charge in [0.05, 0.1) is 6.54 Å². The van der Waals surface area contributed by atoms with E-state index in [2.05, 4.69) is 10.6 Å². The summed E-state index contributed by atoms with van der Waals surface area (Å²) in [4.78, 5) is 47.4. The molecule has 9 heteroatoms. The van der Waals surface area contributed by atoms with E-state index in [0.29, 0.717) is 12.8 Å². The Bertz CT molecular complexity index is 498. The van der Waals surface area contributed by atoms with Gasteiger partial charge in [-0.1, -0.05) is 13.8 Å². The zero-order chi connectivity index (χ0) is 17.1. The molecule has 0 aromatic heterocycles. The lowest BCUT2D eigenvalue weighted by atomic mass is 9.93. The third-order valence-electron chi connectivity index (χ3n) is 3.85. The van der Waals surface area contributed by atoms with Crippen molar-refractivity contribution in [3.05, 3.63) is 0 Å². The van der Waals surface area contributed by atoms with Crippen LogP contribution in [0.2, 0.25) is 0 Å². The quantitative estimate of drug-likeness (QED) is 0.447. The highest BCUT2D eigenvalue weighted by Crippen LogP contribution is 2.24. The highest BCUT2D eigenvalue weighted by molar-refractivity contribution is 6.09. The van der Waals surface area contributed by atoms with Crippen molar-refractivity contribution in [2.45, 2.75) is 44.8 Å². The fraction of sp³-hybridized carbons (Fsp3) is 0.692. The van der Waals surface area contributed by atoms with E-state index in [0.717, 1.165) is 11.8 Å². The Morgan fingerprint density at radius 2 is 1.86 bits per heavy atom. The Hall–Kier alpha value is -2.16. The van der Waals surface area contributed by atoms with Crippen molar-refractivity contribution >= 4 is 23.8 Å². The number of hydrogen-bond acceptors (Lipinski definition) is 5. The predicted octanol–water partition coefficient (Wildman–Crippen LogP) is -0.951. The van der Waals surface area contributed by atoms with Crippen LogP contribution in [0, 0.1) is 0 Å². The van der Waals surface area contributed by atoms with E-state index in [1.165, 1.54) is 0 Å². The smallest absolute Gasteiger partial charge is 0.337 e. The molecule has 1 fully saturated rings. The molecule has 1 unspecified atom stereocenters. The SMILES string of the molecule is CCC1(CC)NC(=O)N(CC(=O)NCC(C)(O)C(=O)O)C1=O. The average molecular weight is 315 g/mol. The van der Waals surface area contributed by atoms with Crippen LogP contribution in [0.1, 0.15) is 33.6 Å². The maximum absolute atomic E-state index is 12.3. The second kappa shape index (κ2) is 6.30. The summed E-state index contributed by atoms with van der Waals surface area (Å²) in [6.07, 6.45) is 0.805. The number of carbonyl (C=O) groups excluding carboxylic acids is 3. The summed E-state index contributed by atoms with van der Waals surface area (Å²) in [5, 5.41) is 23.0. The molecular weight excluding hydrogens is 294 g/mol. The van der Waals surface area contributed by atoms with Gasteiger partial charge >= 0.3 is 12.0 Å². The Morgan fingerprint density at radius 3 is 2.27 bits per heavy atom. The lowest BCUT2D eigenvalue weighted by molar-refractivity contribution is -0.156. The molecular formula is C13H21N3O6. The number of urea groups is 1. The number of carboxylic acids is 1. The standard InChI is InChI=1S/C13H21N3O6/c1-4-13(5-2)9(18)16(11(21)15-13)6-8(17)14-7-12(3,22)10(19)20/h22H,4-7H2,1-3H3,(H,14,17)(H,15,21)(H,19,20). The third-order valence-corrected chi connectivity index (χ3v) is 3.85. The monoisotopic (exact) mass is 315 g/mol. The molecule has 9 nitrogen and oxygen atoms in total. The summed E-state index contributed by atoms with van der Waals surface area (Å²) in [5.74, 6) is -2.70. The van der Waals surface area contributed by atoms with Crippen LogP contribution in [0.5, 0.6) is 0 Å². The van der Waals surface area contributed by atoms with Crippen LogP contribution in [-0.2, 0) is 14.4 Å². The molecule has 4 N–H and O–H groups in total. The topological polar surface area (TPSA) is 136 Å². The van der Waals surface area contributed by atoms with E-state index in [4.69, 9.17) is 5.11 Å². The van der Waals surface area contributed by atoms with Crippen LogP contribution < -0.4 is 10.6 Å². The Morgan fingerprint density at radius 1 is 1.32 bits per heavy atom. The summed E-state index contributed by atoms with van der Waals surface area (Å²) in [7, 11) is 0. The first-order valence-corrected chi connectivity index (χ1v) is 6.96. The second-order valence-electron chi connectivity index (χ2n) is 5.47. The molecule has 1 saturated heterocycles. The van der Waals surface area contributed by atoms with Crippen molar-refractivity contribution in [2.24, 2.45) is 0 Å². The van der Waals surface area contributed by atoms with Crippen LogP contribution in [0.15, 0.2) is 0 Å². The van der Waals surface area contributed by atoms with Gasteiger partial charge in [0, 0.05) is 0 Å². The third kappa shape index (κ3) is 3.35. The van der Waals surface area contributed by atoms with Crippen LogP contribution >= 0.6 is 0 Å². The number of nitrogens with one attached hydrogen (secondary N) is 2. The van der Waals surface area contributed by atoms with Crippen LogP contribution in [-0.4, -0.2) is 63.2 Å². The number of rotatable bonds is 7.